The molecule has 7 nitrogen and oxygen atoms in total. The number of aliphatic imine (C=N–C) groups is 1. The van der Waals surface area contributed by atoms with Gasteiger partial charge in [0, 0.05) is 0 Å². The molecule has 7 heteroatoms. The number of hydrogen-bond acceptors (Lipinski definition) is 5. The van der Waals surface area contributed by atoms with E-state index in [2.05, 4.69) is 14.5 Å². The maximum absolute atomic E-state index is 10.4. The smallest absolute Gasteiger partial charge is 0.370 e. The highest BCUT2D eigenvalue weighted by Gasteiger charge is 2.48. The molecule has 74 valence electrons. The van der Waals surface area contributed by atoms with Crippen LogP contribution in [0.15, 0.2) is 4.99 Å². The quantitative estimate of drug-likeness (QED) is 0.289. The Morgan fingerprint density at radius 3 is 2.46 bits per heavy atom. The predicted octanol–water partition coefficient (Wildman–Crippen LogP) is -1.18. The maximum atomic E-state index is 10.4. The van der Waals surface area contributed by atoms with Crippen molar-refractivity contribution < 1.29 is 14.3 Å². The zero-order valence-electron chi connectivity index (χ0n) is 7.03. The van der Waals surface area contributed by atoms with E-state index in [0.717, 1.165) is 0 Å². The molecule has 0 aromatic rings. The van der Waals surface area contributed by atoms with Gasteiger partial charge in [0.25, 0.3) is 0 Å². The second-order valence-electron chi connectivity index (χ2n) is 2.60. The van der Waals surface area contributed by atoms with Gasteiger partial charge in [-0.25, -0.2) is 4.79 Å². The summed E-state index contributed by atoms with van der Waals surface area (Å²) >= 11 is 0. The lowest BCUT2D eigenvalue weighted by Crippen LogP contribution is -2.50. The van der Waals surface area contributed by atoms with Gasteiger partial charge in [-0.1, -0.05) is 0 Å². The molecule has 1 aliphatic rings. The Hall–Kier alpha value is -1.50. The van der Waals surface area contributed by atoms with Crippen LogP contribution in [0.25, 0.3) is 0 Å². The van der Waals surface area contributed by atoms with Gasteiger partial charge < -0.3 is 26.7 Å². The van der Waals surface area contributed by atoms with Gasteiger partial charge in [0.05, 0.1) is 6.42 Å². The summed E-state index contributed by atoms with van der Waals surface area (Å²) in [5.41, 5.74) is 15.5. The van der Waals surface area contributed by atoms with Gasteiger partial charge in [-0.3, -0.25) is 0 Å². The lowest BCUT2D eigenvalue weighted by atomic mass is 10.2. The fraction of sp³-hybridized carbons (Fsp3) is 0.667. The summed E-state index contributed by atoms with van der Waals surface area (Å²) in [6, 6.07) is 0. The van der Waals surface area contributed by atoms with Crippen LogP contribution in [0.2, 0.25) is 0 Å². The van der Waals surface area contributed by atoms with Crippen molar-refractivity contribution in [2.24, 2.45) is 22.2 Å². The molecule has 0 spiro atoms. The van der Waals surface area contributed by atoms with Crippen LogP contribution in [0.5, 0.6) is 0 Å². The number of carbonyl (C=O) groups excluding carboxylic acids is 1. The van der Waals surface area contributed by atoms with Gasteiger partial charge in [0.2, 0.25) is 0 Å². The second-order valence-corrected chi connectivity index (χ2v) is 2.60. The van der Waals surface area contributed by atoms with Crippen LogP contribution in [0, 0.1) is 0 Å². The standard InChI is InChI=1S/C6H12N4O3/c7-3-1-2-6(10-4(8)9)12-5(11)13-6/h1-3,7H2,(H4,8,9,10). The van der Waals surface area contributed by atoms with E-state index in [-0.39, 0.29) is 5.96 Å². The summed E-state index contributed by atoms with van der Waals surface area (Å²) in [6.45, 7) is 0.447. The third kappa shape index (κ3) is 2.22. The Bertz CT molecular complexity index is 228. The molecular formula is C6H12N4O3. The SMILES string of the molecule is NCCCC1(N=C(N)N)OC(=O)O1. The van der Waals surface area contributed by atoms with Gasteiger partial charge in [-0.05, 0) is 13.0 Å². The average molecular weight is 188 g/mol. The molecule has 1 aliphatic heterocycles. The van der Waals surface area contributed by atoms with Crippen LogP contribution in [-0.2, 0) is 9.47 Å². The largest absolute Gasteiger partial charge is 0.517 e. The van der Waals surface area contributed by atoms with Gasteiger partial charge in [-0.2, -0.15) is 4.99 Å². The zero-order valence-corrected chi connectivity index (χ0v) is 7.03. The highest BCUT2D eigenvalue weighted by Crippen LogP contribution is 2.31. The number of rotatable bonds is 4. The highest BCUT2D eigenvalue weighted by atomic mass is 16.9. The van der Waals surface area contributed by atoms with Crippen LogP contribution in [-0.4, -0.2) is 24.6 Å². The van der Waals surface area contributed by atoms with E-state index in [1.807, 2.05) is 0 Å². The van der Waals surface area contributed by atoms with E-state index in [0.29, 0.717) is 19.4 Å². The van der Waals surface area contributed by atoms with E-state index >= 15 is 0 Å². The van der Waals surface area contributed by atoms with Crippen LogP contribution in [0.3, 0.4) is 0 Å². The minimum Gasteiger partial charge on any atom is -0.370 e. The number of ether oxygens (including phenoxy) is 2. The number of hydrogen-bond donors (Lipinski definition) is 3. The first-order valence-electron chi connectivity index (χ1n) is 3.81. The van der Waals surface area contributed by atoms with Crippen molar-refractivity contribution in [1.82, 2.24) is 0 Å². The van der Waals surface area contributed by atoms with Crippen LogP contribution < -0.4 is 17.2 Å². The van der Waals surface area contributed by atoms with Crippen molar-refractivity contribution >= 4 is 12.1 Å². The first-order chi connectivity index (χ1) is 6.08. The fourth-order valence-corrected chi connectivity index (χ4v) is 0.994. The highest BCUT2D eigenvalue weighted by molar-refractivity contribution is 5.77. The molecule has 0 saturated carbocycles. The summed E-state index contributed by atoms with van der Waals surface area (Å²) in [4.78, 5) is 14.1. The average Bonchev–Trinajstić information content (AvgIpc) is 1.96. The number of guanidine groups is 1. The molecule has 1 saturated heterocycles. The van der Waals surface area contributed by atoms with Crippen molar-refractivity contribution in [3.05, 3.63) is 0 Å². The van der Waals surface area contributed by atoms with E-state index in [4.69, 9.17) is 17.2 Å². The molecule has 0 amide bonds. The number of cyclic esters (lactones) is 2. The predicted molar refractivity (Wildman–Crippen MR) is 44.4 cm³/mol. The Kier molecular flexibility index (Phi) is 2.57. The summed E-state index contributed by atoms with van der Waals surface area (Å²) in [7, 11) is 0. The molecule has 1 fully saturated rings. The van der Waals surface area contributed by atoms with Crippen molar-refractivity contribution in [3.8, 4) is 0 Å². The van der Waals surface area contributed by atoms with E-state index < -0.39 is 12.1 Å². The Labute approximate surface area is 74.9 Å². The molecular weight excluding hydrogens is 176 g/mol. The Morgan fingerprint density at radius 2 is 2.08 bits per heavy atom. The van der Waals surface area contributed by atoms with Crippen LogP contribution >= 0.6 is 0 Å². The molecule has 13 heavy (non-hydrogen) atoms. The monoisotopic (exact) mass is 188 g/mol. The number of nitrogens with two attached hydrogens (primary N) is 3. The maximum Gasteiger partial charge on any atom is 0.517 e. The third-order valence-corrected chi connectivity index (χ3v) is 1.48. The molecule has 6 N–H and O–H groups in total. The Morgan fingerprint density at radius 1 is 1.46 bits per heavy atom. The first-order valence-corrected chi connectivity index (χ1v) is 3.81. The fourth-order valence-electron chi connectivity index (χ4n) is 0.994. The first kappa shape index (κ1) is 9.59. The molecule has 0 radical (unpaired) electrons. The van der Waals surface area contributed by atoms with Gasteiger partial charge in [-0.15, -0.1) is 0 Å². The third-order valence-electron chi connectivity index (χ3n) is 1.48. The summed E-state index contributed by atoms with van der Waals surface area (Å²) in [5.74, 6) is -1.51. The minimum absolute atomic E-state index is 0.190. The minimum atomic E-state index is -1.32. The van der Waals surface area contributed by atoms with Crippen LogP contribution in [0.4, 0.5) is 4.79 Å². The summed E-state index contributed by atoms with van der Waals surface area (Å²) in [5, 5.41) is 0. The van der Waals surface area contributed by atoms with Crippen molar-refractivity contribution in [3.63, 3.8) is 0 Å². The second kappa shape index (κ2) is 3.48. The molecule has 0 bridgehead atoms. The van der Waals surface area contributed by atoms with Gasteiger partial charge >= 0.3 is 12.1 Å². The van der Waals surface area contributed by atoms with Gasteiger partial charge in [0.1, 0.15) is 0 Å². The Balaban J connectivity index is 2.56. The van der Waals surface area contributed by atoms with Gasteiger partial charge in [0.15, 0.2) is 5.96 Å². The van der Waals surface area contributed by atoms with Crippen molar-refractivity contribution in [2.75, 3.05) is 6.54 Å². The van der Waals surface area contributed by atoms with Crippen molar-refractivity contribution in [2.45, 2.75) is 18.8 Å². The molecule has 0 aromatic heterocycles. The molecule has 0 atom stereocenters. The molecule has 0 aromatic carbocycles. The van der Waals surface area contributed by atoms with Crippen molar-refractivity contribution in [1.29, 1.82) is 0 Å². The molecule has 0 aliphatic carbocycles. The van der Waals surface area contributed by atoms with E-state index in [9.17, 15) is 4.79 Å². The molecule has 0 unspecified atom stereocenters. The summed E-state index contributed by atoms with van der Waals surface area (Å²) < 4.78 is 9.35. The normalized spacial score (nSPS) is 18.1. The lowest BCUT2D eigenvalue weighted by molar-refractivity contribution is -0.269. The molecule has 1 rings (SSSR count). The van der Waals surface area contributed by atoms with Crippen LogP contribution in [0.1, 0.15) is 12.8 Å². The topological polar surface area (TPSA) is 126 Å². The zero-order chi connectivity index (χ0) is 9.90. The number of carbonyl (C=O) groups is 1. The van der Waals surface area contributed by atoms with E-state index in [1.54, 1.807) is 0 Å². The number of nitrogens with zero attached hydrogens (tertiary/aromatic N) is 1. The summed E-state index contributed by atoms with van der Waals surface area (Å²) in [6.07, 6.45) is 0.180. The molecule has 1 heterocycles. The lowest BCUT2D eigenvalue weighted by Gasteiger charge is -2.35. The van der Waals surface area contributed by atoms with E-state index in [1.165, 1.54) is 0 Å².